The van der Waals surface area contributed by atoms with E-state index in [4.69, 9.17) is 0 Å². The Morgan fingerprint density at radius 2 is 2.12 bits per heavy atom. The number of imide groups is 1. The van der Waals surface area contributed by atoms with Crippen molar-refractivity contribution in [2.75, 3.05) is 18.1 Å². The van der Waals surface area contributed by atoms with Gasteiger partial charge in [-0.1, -0.05) is 18.2 Å². The number of thioether (sulfide) groups is 2. The molecule has 9 heteroatoms. The Hall–Kier alpha value is -1.84. The van der Waals surface area contributed by atoms with Gasteiger partial charge in [0.2, 0.25) is 5.91 Å². The molecule has 0 aromatic heterocycles. The lowest BCUT2D eigenvalue weighted by molar-refractivity contribution is -0.129. The van der Waals surface area contributed by atoms with E-state index in [2.05, 4.69) is 5.32 Å². The highest BCUT2D eigenvalue weighted by atomic mass is 32.2. The van der Waals surface area contributed by atoms with Crippen LogP contribution in [0.3, 0.4) is 0 Å². The monoisotopic (exact) mass is 382 g/mol. The number of aliphatic hydroxyl groups excluding tert-OH is 1. The number of carbonyl (C=O) groups excluding carboxylic acids is 3. The fraction of sp³-hybridized carbons (Fsp3) is 0.312. The van der Waals surface area contributed by atoms with Crippen molar-refractivity contribution in [3.8, 4) is 0 Å². The number of nitrogens with zero attached hydrogens (tertiary/aromatic N) is 1. The van der Waals surface area contributed by atoms with Crippen molar-refractivity contribution in [1.29, 1.82) is 0 Å². The van der Waals surface area contributed by atoms with Crippen LogP contribution in [0.1, 0.15) is 5.56 Å². The molecule has 2 atom stereocenters. The normalized spacial score (nSPS) is 25.0. The average molecular weight is 382 g/mol. The summed E-state index contributed by atoms with van der Waals surface area (Å²) in [5.74, 6) is -0.518. The standard InChI is InChI=1S/C16H15FN2O4S2/c17-10-4-2-1-3-9(10)5-13-15(22)19(16(23)25-13)6-14(21)18-11-7-24-8-12(11)20/h1-5,11-12,20H,6-8H2,(H,18,21)/b13-5-. The lowest BCUT2D eigenvalue weighted by Crippen LogP contribution is -2.47. The quantitative estimate of drug-likeness (QED) is 0.767. The van der Waals surface area contributed by atoms with Gasteiger partial charge in [-0.05, 0) is 23.9 Å². The van der Waals surface area contributed by atoms with Crippen LogP contribution in [0.4, 0.5) is 9.18 Å². The molecule has 2 aliphatic rings. The van der Waals surface area contributed by atoms with E-state index in [-0.39, 0.29) is 16.5 Å². The summed E-state index contributed by atoms with van der Waals surface area (Å²) in [6, 6.07) is 5.52. The maximum Gasteiger partial charge on any atom is 0.294 e. The first-order valence-electron chi connectivity index (χ1n) is 7.51. The van der Waals surface area contributed by atoms with Gasteiger partial charge < -0.3 is 10.4 Å². The molecule has 2 heterocycles. The molecule has 0 bridgehead atoms. The van der Waals surface area contributed by atoms with E-state index in [0.717, 1.165) is 4.90 Å². The van der Waals surface area contributed by atoms with E-state index in [9.17, 15) is 23.9 Å². The number of halogens is 1. The summed E-state index contributed by atoms with van der Waals surface area (Å²) in [7, 11) is 0. The highest BCUT2D eigenvalue weighted by Crippen LogP contribution is 2.32. The molecule has 0 aliphatic carbocycles. The molecule has 1 aromatic carbocycles. The van der Waals surface area contributed by atoms with Gasteiger partial charge in [0.15, 0.2) is 0 Å². The number of hydrogen-bond acceptors (Lipinski definition) is 6. The van der Waals surface area contributed by atoms with E-state index < -0.39 is 35.5 Å². The van der Waals surface area contributed by atoms with Gasteiger partial charge in [0.05, 0.1) is 17.1 Å². The second-order valence-electron chi connectivity index (χ2n) is 5.57. The minimum Gasteiger partial charge on any atom is -0.390 e. The smallest absolute Gasteiger partial charge is 0.294 e. The summed E-state index contributed by atoms with van der Waals surface area (Å²) >= 11 is 2.19. The molecule has 25 heavy (non-hydrogen) atoms. The van der Waals surface area contributed by atoms with Gasteiger partial charge in [-0.2, -0.15) is 11.8 Å². The predicted molar refractivity (Wildman–Crippen MR) is 94.3 cm³/mol. The van der Waals surface area contributed by atoms with Gasteiger partial charge >= 0.3 is 0 Å². The second kappa shape index (κ2) is 7.59. The third-order valence-corrected chi connectivity index (χ3v) is 5.84. The van der Waals surface area contributed by atoms with E-state index in [1.54, 1.807) is 6.07 Å². The largest absolute Gasteiger partial charge is 0.390 e. The Morgan fingerprint density at radius 3 is 2.80 bits per heavy atom. The topological polar surface area (TPSA) is 86.7 Å². The Kier molecular flexibility index (Phi) is 5.45. The maximum absolute atomic E-state index is 13.7. The van der Waals surface area contributed by atoms with E-state index in [1.165, 1.54) is 36.0 Å². The summed E-state index contributed by atoms with van der Waals surface area (Å²) in [5, 5.41) is 11.7. The summed E-state index contributed by atoms with van der Waals surface area (Å²) in [6.07, 6.45) is 0.667. The first-order chi connectivity index (χ1) is 12.0. The highest BCUT2D eigenvalue weighted by Gasteiger charge is 2.37. The first-order valence-corrected chi connectivity index (χ1v) is 9.48. The third-order valence-electron chi connectivity index (χ3n) is 3.76. The molecular weight excluding hydrogens is 367 g/mol. The van der Waals surface area contributed by atoms with Crippen molar-refractivity contribution in [3.63, 3.8) is 0 Å². The van der Waals surface area contributed by atoms with Crippen molar-refractivity contribution in [3.05, 3.63) is 40.6 Å². The molecule has 2 saturated heterocycles. The van der Waals surface area contributed by atoms with Gasteiger partial charge in [-0.25, -0.2) is 4.39 Å². The minimum atomic E-state index is -0.634. The molecule has 2 aliphatic heterocycles. The minimum absolute atomic E-state index is 0.0688. The van der Waals surface area contributed by atoms with Gasteiger partial charge in [0, 0.05) is 17.1 Å². The van der Waals surface area contributed by atoms with Crippen molar-refractivity contribution in [1.82, 2.24) is 10.2 Å². The summed E-state index contributed by atoms with van der Waals surface area (Å²) < 4.78 is 13.7. The van der Waals surface area contributed by atoms with E-state index >= 15 is 0 Å². The lowest BCUT2D eigenvalue weighted by Gasteiger charge is -2.18. The maximum atomic E-state index is 13.7. The van der Waals surface area contributed by atoms with Crippen LogP contribution in [0.5, 0.6) is 0 Å². The molecule has 3 amide bonds. The van der Waals surface area contributed by atoms with Crippen molar-refractivity contribution >= 4 is 46.7 Å². The number of amides is 3. The predicted octanol–water partition coefficient (Wildman–Crippen LogP) is 1.45. The third kappa shape index (κ3) is 4.05. The number of carbonyl (C=O) groups is 3. The van der Waals surface area contributed by atoms with Gasteiger partial charge in [-0.3, -0.25) is 19.3 Å². The van der Waals surface area contributed by atoms with Crippen molar-refractivity contribution < 1.29 is 23.9 Å². The molecule has 2 unspecified atom stereocenters. The second-order valence-corrected chi connectivity index (χ2v) is 7.64. The average Bonchev–Trinajstić information content (AvgIpc) is 3.08. The van der Waals surface area contributed by atoms with Crippen LogP contribution in [0.2, 0.25) is 0 Å². The molecule has 2 fully saturated rings. The molecule has 3 rings (SSSR count). The van der Waals surface area contributed by atoms with Crippen LogP contribution < -0.4 is 5.32 Å². The summed E-state index contributed by atoms with van der Waals surface area (Å²) in [4.78, 5) is 37.3. The molecular formula is C16H15FN2O4S2. The Bertz CT molecular complexity index is 755. The number of hydrogen-bond donors (Lipinski definition) is 2. The van der Waals surface area contributed by atoms with E-state index in [0.29, 0.717) is 23.3 Å². The number of benzene rings is 1. The first kappa shape index (κ1) is 18.0. The number of nitrogens with one attached hydrogen (secondary N) is 1. The molecule has 6 nitrogen and oxygen atoms in total. The summed E-state index contributed by atoms with van der Waals surface area (Å²) in [6.45, 7) is -0.423. The zero-order valence-corrected chi connectivity index (χ0v) is 14.6. The molecule has 1 aromatic rings. The van der Waals surface area contributed by atoms with Crippen LogP contribution in [0.25, 0.3) is 6.08 Å². The van der Waals surface area contributed by atoms with Gasteiger partial charge in [0.25, 0.3) is 11.1 Å². The Balaban J connectivity index is 1.67. The van der Waals surface area contributed by atoms with Crippen LogP contribution in [0, 0.1) is 5.82 Å². The fourth-order valence-electron chi connectivity index (χ4n) is 2.45. The van der Waals surface area contributed by atoms with Crippen LogP contribution in [0.15, 0.2) is 29.2 Å². The molecule has 0 saturated carbocycles. The molecule has 132 valence electrons. The molecule has 2 N–H and O–H groups in total. The number of rotatable bonds is 4. The molecule has 0 spiro atoms. The highest BCUT2D eigenvalue weighted by molar-refractivity contribution is 8.18. The Labute approximate surface area is 151 Å². The molecule has 0 radical (unpaired) electrons. The SMILES string of the molecule is O=C(CN1C(=O)S/C(=C\c2ccccc2F)C1=O)NC1CSCC1O. The van der Waals surface area contributed by atoms with Crippen molar-refractivity contribution in [2.45, 2.75) is 12.1 Å². The van der Waals surface area contributed by atoms with Crippen molar-refractivity contribution in [2.24, 2.45) is 0 Å². The zero-order chi connectivity index (χ0) is 18.0. The lowest BCUT2D eigenvalue weighted by atomic mass is 10.2. The van der Waals surface area contributed by atoms with Crippen LogP contribution in [-0.2, 0) is 9.59 Å². The van der Waals surface area contributed by atoms with E-state index in [1.807, 2.05) is 0 Å². The van der Waals surface area contributed by atoms with Crippen LogP contribution >= 0.6 is 23.5 Å². The number of aliphatic hydroxyl groups is 1. The van der Waals surface area contributed by atoms with Gasteiger partial charge in [-0.15, -0.1) is 0 Å². The zero-order valence-electron chi connectivity index (χ0n) is 13.0. The van der Waals surface area contributed by atoms with Crippen LogP contribution in [-0.4, -0.2) is 57.3 Å². The fourth-order valence-corrected chi connectivity index (χ4v) is 4.45. The Morgan fingerprint density at radius 1 is 1.36 bits per heavy atom. The summed E-state index contributed by atoms with van der Waals surface area (Å²) in [5.41, 5.74) is 0.198. The van der Waals surface area contributed by atoms with Gasteiger partial charge in [0.1, 0.15) is 12.4 Å².